The van der Waals surface area contributed by atoms with Crippen molar-refractivity contribution in [2.24, 2.45) is 7.05 Å². The van der Waals surface area contributed by atoms with Crippen LogP contribution in [0.3, 0.4) is 0 Å². The van der Waals surface area contributed by atoms with E-state index in [1.165, 1.54) is 76.0 Å². The van der Waals surface area contributed by atoms with Gasteiger partial charge in [0, 0.05) is 17.5 Å². The fraction of sp³-hybridized carbons (Fsp3) is 0.385. The summed E-state index contributed by atoms with van der Waals surface area (Å²) in [6.45, 7) is 6.67. The average molecular weight is 370 g/mol. The average Bonchev–Trinajstić information content (AvgIpc) is 3.32. The van der Waals surface area contributed by atoms with Crippen LogP contribution in [0.25, 0.3) is 22.5 Å². The third kappa shape index (κ3) is 2.62. The van der Waals surface area contributed by atoms with Crippen molar-refractivity contribution in [3.05, 3.63) is 70.0 Å². The van der Waals surface area contributed by atoms with Gasteiger partial charge in [-0.15, -0.1) is 0 Å². The molecule has 2 aliphatic rings. The largest absolute Gasteiger partial charge is 0.287 e. The minimum Gasteiger partial charge on any atom is -0.232 e. The predicted octanol–water partition coefficient (Wildman–Crippen LogP) is 5.73. The first-order valence-electron chi connectivity index (χ1n) is 10.6. The van der Waals surface area contributed by atoms with E-state index in [1.807, 2.05) is 6.33 Å². The zero-order chi connectivity index (χ0) is 19.4. The number of aryl methyl sites for hydroxylation is 3. The van der Waals surface area contributed by atoms with Crippen LogP contribution in [0, 0.1) is 20.8 Å². The van der Waals surface area contributed by atoms with Gasteiger partial charge < -0.3 is 0 Å². The number of hydrogen-bond donors (Lipinski definition) is 0. The number of rotatable bonds is 2. The molecular formula is C26H29N2+. The number of nitrogens with zero attached hydrogens (tertiary/aromatic N) is 2. The van der Waals surface area contributed by atoms with E-state index in [-0.39, 0.29) is 0 Å². The highest BCUT2D eigenvalue weighted by atomic mass is 15.0. The summed E-state index contributed by atoms with van der Waals surface area (Å²) < 4.78 is 2.22. The summed E-state index contributed by atoms with van der Waals surface area (Å²) in [4.78, 5) is 4.89. The smallest absolute Gasteiger partial charge is 0.232 e. The Morgan fingerprint density at radius 3 is 2.54 bits per heavy atom. The van der Waals surface area contributed by atoms with E-state index in [0.717, 1.165) is 12.3 Å². The van der Waals surface area contributed by atoms with E-state index in [4.69, 9.17) is 4.98 Å². The molecule has 0 radical (unpaired) electrons. The van der Waals surface area contributed by atoms with Crippen LogP contribution in [-0.2, 0) is 13.5 Å². The lowest BCUT2D eigenvalue weighted by molar-refractivity contribution is -0.663. The van der Waals surface area contributed by atoms with E-state index >= 15 is 0 Å². The third-order valence-corrected chi connectivity index (χ3v) is 6.97. The van der Waals surface area contributed by atoms with Gasteiger partial charge in [-0.1, -0.05) is 42.7 Å². The molecule has 2 heteroatoms. The van der Waals surface area contributed by atoms with Crippen molar-refractivity contribution in [1.29, 1.82) is 0 Å². The summed E-state index contributed by atoms with van der Waals surface area (Å²) in [5.41, 5.74) is 13.8. The van der Waals surface area contributed by atoms with Crippen LogP contribution in [0.2, 0.25) is 0 Å². The lowest BCUT2D eigenvalue weighted by Crippen LogP contribution is -2.33. The highest BCUT2D eigenvalue weighted by Gasteiger charge is 2.33. The van der Waals surface area contributed by atoms with Crippen LogP contribution in [0.15, 0.2) is 36.7 Å². The lowest BCUT2D eigenvalue weighted by atomic mass is 9.90. The van der Waals surface area contributed by atoms with Crippen LogP contribution >= 0.6 is 0 Å². The van der Waals surface area contributed by atoms with Gasteiger partial charge in [-0.05, 0) is 72.8 Å². The molecule has 0 N–H and O–H groups in total. The van der Waals surface area contributed by atoms with Gasteiger partial charge in [-0.25, -0.2) is 4.57 Å². The van der Waals surface area contributed by atoms with E-state index < -0.39 is 0 Å². The first-order valence-corrected chi connectivity index (χ1v) is 10.6. The molecule has 0 amide bonds. The van der Waals surface area contributed by atoms with E-state index in [1.54, 1.807) is 5.56 Å². The molecule has 0 aliphatic heterocycles. The molecule has 3 aromatic rings. The summed E-state index contributed by atoms with van der Waals surface area (Å²) in [6, 6.07) is 11.5. The predicted molar refractivity (Wildman–Crippen MR) is 115 cm³/mol. The van der Waals surface area contributed by atoms with Crippen LogP contribution in [0.5, 0.6) is 0 Å². The third-order valence-electron chi connectivity index (χ3n) is 6.97. The molecule has 28 heavy (non-hydrogen) atoms. The molecule has 1 fully saturated rings. The summed E-state index contributed by atoms with van der Waals surface area (Å²) in [6.07, 6.45) is 8.46. The Labute approximate surface area is 168 Å². The molecule has 0 unspecified atom stereocenters. The first kappa shape index (κ1) is 17.6. The van der Waals surface area contributed by atoms with E-state index in [2.05, 4.69) is 62.7 Å². The minimum atomic E-state index is 0.740. The van der Waals surface area contributed by atoms with Gasteiger partial charge in [-0.2, -0.15) is 0 Å². The Morgan fingerprint density at radius 2 is 1.75 bits per heavy atom. The van der Waals surface area contributed by atoms with Crippen molar-refractivity contribution >= 4 is 0 Å². The van der Waals surface area contributed by atoms with Crippen LogP contribution < -0.4 is 4.57 Å². The zero-order valence-corrected chi connectivity index (χ0v) is 17.5. The molecule has 1 saturated carbocycles. The second-order valence-electron chi connectivity index (χ2n) is 8.82. The van der Waals surface area contributed by atoms with Crippen molar-refractivity contribution in [1.82, 2.24) is 4.98 Å². The fourth-order valence-electron chi connectivity index (χ4n) is 5.46. The molecule has 142 valence electrons. The van der Waals surface area contributed by atoms with Gasteiger partial charge in [-0.3, -0.25) is 0 Å². The maximum atomic E-state index is 4.89. The zero-order valence-electron chi connectivity index (χ0n) is 17.5. The Bertz CT molecular complexity index is 1090. The molecule has 0 bridgehead atoms. The van der Waals surface area contributed by atoms with Gasteiger partial charge in [0.1, 0.15) is 5.69 Å². The molecule has 0 saturated heterocycles. The molecule has 1 aromatic heterocycles. The monoisotopic (exact) mass is 369 g/mol. The fourth-order valence-corrected chi connectivity index (χ4v) is 5.46. The summed E-state index contributed by atoms with van der Waals surface area (Å²) in [7, 11) is 2.14. The maximum Gasteiger partial charge on any atom is 0.287 e. The number of fused-ring (bicyclic) bond motifs is 3. The Balaban J connectivity index is 1.71. The van der Waals surface area contributed by atoms with Crippen molar-refractivity contribution in [3.8, 4) is 22.5 Å². The second kappa shape index (κ2) is 6.55. The van der Waals surface area contributed by atoms with Gasteiger partial charge in [0.05, 0.1) is 12.6 Å². The van der Waals surface area contributed by atoms with Gasteiger partial charge >= 0.3 is 0 Å². The van der Waals surface area contributed by atoms with Crippen LogP contribution in [-0.4, -0.2) is 4.98 Å². The maximum absolute atomic E-state index is 4.89. The highest BCUT2D eigenvalue weighted by Crippen LogP contribution is 2.45. The molecule has 5 rings (SSSR count). The van der Waals surface area contributed by atoms with Gasteiger partial charge in [0.2, 0.25) is 0 Å². The number of aromatic nitrogens is 2. The first-order chi connectivity index (χ1) is 13.5. The summed E-state index contributed by atoms with van der Waals surface area (Å²) in [5, 5.41) is 0. The quantitative estimate of drug-likeness (QED) is 0.413. The molecule has 2 nitrogen and oxygen atoms in total. The minimum absolute atomic E-state index is 0.740. The van der Waals surface area contributed by atoms with Gasteiger partial charge in [0.15, 0.2) is 5.69 Å². The van der Waals surface area contributed by atoms with Crippen molar-refractivity contribution in [2.45, 2.75) is 58.8 Å². The normalized spacial score (nSPS) is 15.7. The van der Waals surface area contributed by atoms with E-state index in [9.17, 15) is 0 Å². The van der Waals surface area contributed by atoms with Crippen molar-refractivity contribution in [3.63, 3.8) is 0 Å². The highest BCUT2D eigenvalue weighted by molar-refractivity contribution is 5.81. The molecule has 2 aliphatic carbocycles. The Morgan fingerprint density at radius 1 is 0.964 bits per heavy atom. The van der Waals surface area contributed by atoms with Crippen molar-refractivity contribution in [2.75, 3.05) is 0 Å². The van der Waals surface area contributed by atoms with Crippen LogP contribution in [0.4, 0.5) is 0 Å². The van der Waals surface area contributed by atoms with Crippen molar-refractivity contribution < 1.29 is 4.57 Å². The molecule has 1 heterocycles. The SMILES string of the molecule is Cc1cc(C)c(C)c(-c2c3c(nc[n+]2C)-c2cccc(C4CCCC4)c2C3)c1. The lowest BCUT2D eigenvalue weighted by Gasteiger charge is -2.14. The summed E-state index contributed by atoms with van der Waals surface area (Å²) in [5.74, 6) is 0.740. The topological polar surface area (TPSA) is 16.8 Å². The molecule has 0 spiro atoms. The standard InChI is InChI=1S/C26H29N2/c1-16-12-17(2)18(3)22(13-16)26-24-14-23-20(19-8-5-6-9-19)10-7-11-21(23)25(24)27-15-28(26)4/h7,10-13,15,19H,5-6,8-9,14H2,1-4H3/q+1. The Kier molecular flexibility index (Phi) is 4.12. The number of hydrogen-bond acceptors (Lipinski definition) is 1. The number of benzene rings is 2. The summed E-state index contributed by atoms with van der Waals surface area (Å²) >= 11 is 0. The second-order valence-corrected chi connectivity index (χ2v) is 8.82. The molecule has 2 aromatic carbocycles. The molecular weight excluding hydrogens is 340 g/mol. The molecule has 0 atom stereocenters. The van der Waals surface area contributed by atoms with Crippen LogP contribution in [0.1, 0.15) is 65.0 Å². The Hall–Kier alpha value is -2.48. The van der Waals surface area contributed by atoms with E-state index in [0.29, 0.717) is 0 Å². The van der Waals surface area contributed by atoms with Gasteiger partial charge in [0.25, 0.3) is 6.33 Å².